The summed E-state index contributed by atoms with van der Waals surface area (Å²) in [4.78, 5) is 6.61. The maximum Gasteiger partial charge on any atom is 0.114 e. The van der Waals surface area contributed by atoms with Crippen molar-refractivity contribution in [3.05, 3.63) is 15.6 Å². The summed E-state index contributed by atoms with van der Waals surface area (Å²) in [6.45, 7) is 8.12. The van der Waals surface area contributed by atoms with Gasteiger partial charge in [-0.15, -0.1) is 11.3 Å². The van der Waals surface area contributed by atoms with Gasteiger partial charge in [0.05, 0.1) is 11.2 Å². The highest BCUT2D eigenvalue weighted by Crippen LogP contribution is 2.46. The van der Waals surface area contributed by atoms with Gasteiger partial charge in [0.15, 0.2) is 0 Å². The summed E-state index contributed by atoms with van der Waals surface area (Å²) in [5.74, 6) is 1.49. The van der Waals surface area contributed by atoms with Crippen LogP contribution in [-0.2, 0) is 18.4 Å². The molecule has 0 bridgehead atoms. The summed E-state index contributed by atoms with van der Waals surface area (Å²) < 4.78 is 0. The van der Waals surface area contributed by atoms with Gasteiger partial charge in [-0.1, -0.05) is 33.6 Å². The molecule has 3 atom stereocenters. The van der Waals surface area contributed by atoms with Gasteiger partial charge in [0.1, 0.15) is 5.01 Å². The van der Waals surface area contributed by atoms with E-state index >= 15 is 0 Å². The van der Waals surface area contributed by atoms with Crippen LogP contribution in [0.1, 0.15) is 62.0 Å². The molecular formula is C16H26N2S. The van der Waals surface area contributed by atoms with Crippen LogP contribution in [-0.4, -0.2) is 11.5 Å². The van der Waals surface area contributed by atoms with Gasteiger partial charge in [0, 0.05) is 4.88 Å². The molecule has 0 saturated heterocycles. The number of hydrogen-bond donors (Lipinski definition) is 1. The standard InChI is InChI=1S/C16H26N2S/c1-4-17-16(10-6-7-11(2)12(16)3)15-18-13-8-5-9-14(13)19-15/h11-12,17H,4-10H2,1-3H3. The third kappa shape index (κ3) is 2.15. The summed E-state index contributed by atoms with van der Waals surface area (Å²) in [7, 11) is 0. The summed E-state index contributed by atoms with van der Waals surface area (Å²) in [5.41, 5.74) is 1.56. The van der Waals surface area contributed by atoms with Gasteiger partial charge in [0.2, 0.25) is 0 Å². The van der Waals surface area contributed by atoms with E-state index in [1.54, 1.807) is 4.88 Å². The molecule has 2 aliphatic carbocycles. The molecule has 2 aliphatic rings. The molecule has 1 aromatic heterocycles. The van der Waals surface area contributed by atoms with Crippen LogP contribution in [0.2, 0.25) is 0 Å². The van der Waals surface area contributed by atoms with Crippen molar-refractivity contribution in [3.8, 4) is 0 Å². The van der Waals surface area contributed by atoms with E-state index in [1.807, 2.05) is 11.3 Å². The number of rotatable bonds is 3. The van der Waals surface area contributed by atoms with Crippen LogP contribution >= 0.6 is 11.3 Å². The molecule has 1 fully saturated rings. The average Bonchev–Trinajstić information content (AvgIpc) is 2.96. The Labute approximate surface area is 121 Å². The van der Waals surface area contributed by atoms with Gasteiger partial charge in [-0.25, -0.2) is 4.98 Å². The first-order chi connectivity index (χ1) is 9.17. The number of aromatic nitrogens is 1. The molecule has 1 heterocycles. The summed E-state index contributed by atoms with van der Waals surface area (Å²) in [5, 5.41) is 5.22. The molecule has 106 valence electrons. The highest BCUT2D eigenvalue weighted by molar-refractivity contribution is 7.12. The van der Waals surface area contributed by atoms with Crippen LogP contribution in [0.4, 0.5) is 0 Å². The predicted molar refractivity (Wildman–Crippen MR) is 81.7 cm³/mol. The van der Waals surface area contributed by atoms with Crippen LogP contribution in [0, 0.1) is 11.8 Å². The number of hydrogen-bond acceptors (Lipinski definition) is 3. The minimum atomic E-state index is 0.154. The van der Waals surface area contributed by atoms with Crippen LogP contribution in [0.3, 0.4) is 0 Å². The topological polar surface area (TPSA) is 24.9 Å². The Morgan fingerprint density at radius 1 is 1.32 bits per heavy atom. The van der Waals surface area contributed by atoms with Crippen LogP contribution in [0.15, 0.2) is 0 Å². The van der Waals surface area contributed by atoms with E-state index in [4.69, 9.17) is 4.98 Å². The Bertz CT molecular complexity index is 428. The third-order valence-corrected chi connectivity index (χ3v) is 6.67. The minimum absolute atomic E-state index is 0.154. The van der Waals surface area contributed by atoms with Gasteiger partial charge in [-0.3, -0.25) is 0 Å². The van der Waals surface area contributed by atoms with Crippen molar-refractivity contribution in [3.63, 3.8) is 0 Å². The van der Waals surface area contributed by atoms with E-state index in [9.17, 15) is 0 Å². The van der Waals surface area contributed by atoms with Crippen molar-refractivity contribution in [2.24, 2.45) is 11.8 Å². The van der Waals surface area contributed by atoms with E-state index in [0.717, 1.165) is 12.5 Å². The van der Waals surface area contributed by atoms with Crippen molar-refractivity contribution < 1.29 is 0 Å². The number of nitrogens with zero attached hydrogens (tertiary/aromatic N) is 1. The van der Waals surface area contributed by atoms with Crippen LogP contribution in [0.5, 0.6) is 0 Å². The first-order valence-corrected chi connectivity index (χ1v) is 8.73. The van der Waals surface area contributed by atoms with Crippen LogP contribution < -0.4 is 5.32 Å². The van der Waals surface area contributed by atoms with Crippen molar-refractivity contribution in [1.82, 2.24) is 10.3 Å². The SMILES string of the molecule is CCNC1(c2nc3c(s2)CCC3)CCCC(C)C1C. The molecule has 3 rings (SSSR count). The lowest BCUT2D eigenvalue weighted by Gasteiger charge is -2.45. The normalized spacial score (nSPS) is 34.5. The minimum Gasteiger partial charge on any atom is -0.305 e. The average molecular weight is 278 g/mol. The maximum atomic E-state index is 5.05. The quantitative estimate of drug-likeness (QED) is 0.907. The van der Waals surface area contributed by atoms with Gasteiger partial charge in [-0.2, -0.15) is 0 Å². The Balaban J connectivity index is 1.98. The Morgan fingerprint density at radius 3 is 2.89 bits per heavy atom. The highest BCUT2D eigenvalue weighted by Gasteiger charge is 2.45. The fourth-order valence-corrected chi connectivity index (χ4v) is 5.43. The molecule has 3 unspecified atom stereocenters. The molecular weight excluding hydrogens is 252 g/mol. The van der Waals surface area contributed by atoms with Crippen molar-refractivity contribution in [1.29, 1.82) is 0 Å². The molecule has 3 heteroatoms. The first-order valence-electron chi connectivity index (χ1n) is 7.91. The largest absolute Gasteiger partial charge is 0.305 e. The molecule has 0 spiro atoms. The van der Waals surface area contributed by atoms with Crippen molar-refractivity contribution >= 4 is 11.3 Å². The predicted octanol–water partition coefficient (Wildman–Crippen LogP) is 3.89. The fourth-order valence-electron chi connectivity index (χ4n) is 3.99. The molecule has 1 saturated carbocycles. The summed E-state index contributed by atoms with van der Waals surface area (Å²) in [6, 6.07) is 0. The smallest absolute Gasteiger partial charge is 0.114 e. The monoisotopic (exact) mass is 278 g/mol. The molecule has 19 heavy (non-hydrogen) atoms. The van der Waals surface area contributed by atoms with E-state index in [2.05, 4.69) is 26.1 Å². The second-order valence-corrected chi connectivity index (χ2v) is 7.49. The number of aryl methyl sites for hydroxylation is 2. The van der Waals surface area contributed by atoms with Gasteiger partial charge >= 0.3 is 0 Å². The van der Waals surface area contributed by atoms with Crippen molar-refractivity contribution in [2.75, 3.05) is 6.54 Å². The molecule has 0 aliphatic heterocycles. The zero-order valence-corrected chi connectivity index (χ0v) is 13.3. The number of thiazole rings is 1. The zero-order chi connectivity index (χ0) is 13.5. The lowest BCUT2D eigenvalue weighted by molar-refractivity contribution is 0.105. The Morgan fingerprint density at radius 2 is 2.16 bits per heavy atom. The number of nitrogens with one attached hydrogen (secondary N) is 1. The highest BCUT2D eigenvalue weighted by atomic mass is 32.1. The fraction of sp³-hybridized carbons (Fsp3) is 0.812. The lowest BCUT2D eigenvalue weighted by Crippen LogP contribution is -2.51. The summed E-state index contributed by atoms with van der Waals surface area (Å²) in [6.07, 6.45) is 7.76. The lowest BCUT2D eigenvalue weighted by atomic mass is 9.68. The second kappa shape index (κ2) is 5.17. The molecule has 1 N–H and O–H groups in total. The second-order valence-electron chi connectivity index (χ2n) is 6.40. The van der Waals surface area contributed by atoms with E-state index in [0.29, 0.717) is 5.92 Å². The Kier molecular flexibility index (Phi) is 3.69. The van der Waals surface area contributed by atoms with E-state index < -0.39 is 0 Å². The van der Waals surface area contributed by atoms with Gasteiger partial charge in [-0.05, 0) is 44.1 Å². The number of fused-ring (bicyclic) bond motifs is 1. The molecule has 0 amide bonds. The molecule has 1 aromatic rings. The van der Waals surface area contributed by atoms with E-state index in [-0.39, 0.29) is 5.54 Å². The first kappa shape index (κ1) is 13.6. The van der Waals surface area contributed by atoms with Gasteiger partial charge in [0.25, 0.3) is 0 Å². The van der Waals surface area contributed by atoms with Gasteiger partial charge < -0.3 is 5.32 Å². The van der Waals surface area contributed by atoms with Crippen LogP contribution in [0.25, 0.3) is 0 Å². The molecule has 2 nitrogen and oxygen atoms in total. The van der Waals surface area contributed by atoms with E-state index in [1.165, 1.54) is 49.2 Å². The van der Waals surface area contributed by atoms with Crippen molar-refractivity contribution in [2.45, 2.75) is 64.8 Å². The maximum absolute atomic E-state index is 5.05. The molecule has 0 radical (unpaired) electrons. The Hall–Kier alpha value is -0.410. The molecule has 0 aromatic carbocycles. The zero-order valence-electron chi connectivity index (χ0n) is 12.5. The summed E-state index contributed by atoms with van der Waals surface area (Å²) >= 11 is 2.00. The third-order valence-electron chi connectivity index (χ3n) is 5.33.